The summed E-state index contributed by atoms with van der Waals surface area (Å²) >= 11 is 0. The highest BCUT2D eigenvalue weighted by atomic mass is 19.1. The summed E-state index contributed by atoms with van der Waals surface area (Å²) in [5.41, 5.74) is 0.984. The number of nitrogens with one attached hydrogen (secondary N) is 2. The fraction of sp³-hybridized carbons (Fsp3) is 0.350. The van der Waals surface area contributed by atoms with Crippen molar-refractivity contribution in [2.45, 2.75) is 19.4 Å². The van der Waals surface area contributed by atoms with Crippen LogP contribution in [-0.4, -0.2) is 41.3 Å². The van der Waals surface area contributed by atoms with Crippen molar-refractivity contribution in [3.8, 4) is 0 Å². The number of carbonyl (C=O) groups is 2. The van der Waals surface area contributed by atoms with Crippen LogP contribution in [0.4, 0.5) is 14.5 Å². The fourth-order valence-corrected chi connectivity index (χ4v) is 3.18. The summed E-state index contributed by atoms with van der Waals surface area (Å²) in [7, 11) is 0. The van der Waals surface area contributed by atoms with Crippen molar-refractivity contribution in [2.75, 3.05) is 25.0 Å². The topological polar surface area (TPSA) is 74.3 Å². The standard InChI is InChI=1S/C20H22F2N4O2/c21-16-1-2-18(17(22)11-16)25-20(28)19(27)24-12-14-5-9-26(10-6-14)13-15-3-7-23-8-4-15/h1-4,7-8,11,14H,5-6,9-10,12-13H2,(H,24,27)(H,25,28). The first-order valence-corrected chi connectivity index (χ1v) is 9.17. The van der Waals surface area contributed by atoms with E-state index < -0.39 is 23.4 Å². The lowest BCUT2D eigenvalue weighted by Gasteiger charge is -2.32. The maximum Gasteiger partial charge on any atom is 0.313 e. The molecule has 1 aromatic carbocycles. The molecule has 1 aliphatic heterocycles. The molecular formula is C20H22F2N4O2. The molecule has 0 unspecified atom stereocenters. The van der Waals surface area contributed by atoms with E-state index >= 15 is 0 Å². The number of pyridine rings is 1. The van der Waals surface area contributed by atoms with E-state index in [1.165, 1.54) is 5.56 Å². The Bertz CT molecular complexity index is 824. The molecule has 1 saturated heterocycles. The molecule has 0 radical (unpaired) electrons. The van der Waals surface area contributed by atoms with Gasteiger partial charge in [-0.2, -0.15) is 0 Å². The molecule has 2 heterocycles. The maximum absolute atomic E-state index is 13.5. The largest absolute Gasteiger partial charge is 0.348 e. The van der Waals surface area contributed by atoms with Crippen LogP contribution in [0.2, 0.25) is 0 Å². The maximum atomic E-state index is 13.5. The number of benzene rings is 1. The van der Waals surface area contributed by atoms with Crippen molar-refractivity contribution in [1.29, 1.82) is 0 Å². The summed E-state index contributed by atoms with van der Waals surface area (Å²) in [5, 5.41) is 4.75. The zero-order valence-corrected chi connectivity index (χ0v) is 15.3. The highest BCUT2D eigenvalue weighted by Gasteiger charge is 2.22. The third-order valence-corrected chi connectivity index (χ3v) is 4.80. The van der Waals surface area contributed by atoms with Crippen LogP contribution in [0.1, 0.15) is 18.4 Å². The number of hydrogen-bond acceptors (Lipinski definition) is 4. The number of carbonyl (C=O) groups excluding carboxylic acids is 2. The molecule has 1 aliphatic rings. The minimum atomic E-state index is -0.972. The summed E-state index contributed by atoms with van der Waals surface area (Å²) in [6.45, 7) is 3.08. The van der Waals surface area contributed by atoms with Crippen molar-refractivity contribution in [1.82, 2.24) is 15.2 Å². The Morgan fingerprint density at radius 1 is 1.07 bits per heavy atom. The number of likely N-dealkylation sites (tertiary alicyclic amines) is 1. The average molecular weight is 388 g/mol. The lowest BCUT2D eigenvalue weighted by atomic mass is 9.96. The smallest absolute Gasteiger partial charge is 0.313 e. The molecule has 2 aromatic rings. The minimum Gasteiger partial charge on any atom is -0.348 e. The Hall–Kier alpha value is -2.87. The van der Waals surface area contributed by atoms with Gasteiger partial charge in [0.15, 0.2) is 0 Å². The zero-order valence-electron chi connectivity index (χ0n) is 15.3. The molecule has 2 N–H and O–H groups in total. The summed E-state index contributed by atoms with van der Waals surface area (Å²) in [6.07, 6.45) is 5.39. The summed E-state index contributed by atoms with van der Waals surface area (Å²) in [5.74, 6) is -3.20. The zero-order chi connectivity index (χ0) is 19.9. The molecule has 148 valence electrons. The van der Waals surface area contributed by atoms with E-state index in [9.17, 15) is 18.4 Å². The van der Waals surface area contributed by atoms with Gasteiger partial charge in [-0.25, -0.2) is 8.78 Å². The number of rotatable bonds is 5. The van der Waals surface area contributed by atoms with E-state index in [0.717, 1.165) is 44.6 Å². The Labute approximate surface area is 162 Å². The van der Waals surface area contributed by atoms with E-state index in [0.29, 0.717) is 12.6 Å². The Balaban J connectivity index is 1.39. The molecule has 0 spiro atoms. The van der Waals surface area contributed by atoms with Gasteiger partial charge in [-0.3, -0.25) is 19.5 Å². The lowest BCUT2D eigenvalue weighted by molar-refractivity contribution is -0.136. The van der Waals surface area contributed by atoms with Crippen LogP contribution in [0, 0.1) is 17.6 Å². The highest BCUT2D eigenvalue weighted by Crippen LogP contribution is 2.18. The third kappa shape index (κ3) is 5.56. The Kier molecular flexibility index (Phi) is 6.65. The monoisotopic (exact) mass is 388 g/mol. The van der Waals surface area contributed by atoms with Crippen LogP contribution in [0.3, 0.4) is 0 Å². The predicted octanol–water partition coefficient (Wildman–Crippen LogP) is 2.33. The second-order valence-corrected chi connectivity index (χ2v) is 6.86. The van der Waals surface area contributed by atoms with Crippen molar-refractivity contribution in [3.05, 3.63) is 59.9 Å². The quantitative estimate of drug-likeness (QED) is 0.771. The number of aromatic nitrogens is 1. The van der Waals surface area contributed by atoms with Crippen molar-refractivity contribution >= 4 is 17.5 Å². The van der Waals surface area contributed by atoms with Crippen LogP contribution < -0.4 is 10.6 Å². The van der Waals surface area contributed by atoms with Gasteiger partial charge in [-0.05, 0) is 61.7 Å². The number of anilines is 1. The van der Waals surface area contributed by atoms with E-state index in [2.05, 4.69) is 20.5 Å². The molecule has 2 amide bonds. The van der Waals surface area contributed by atoms with Gasteiger partial charge in [0.05, 0.1) is 5.69 Å². The first kappa shape index (κ1) is 19.9. The molecule has 3 rings (SSSR count). The van der Waals surface area contributed by atoms with Crippen LogP contribution in [0.15, 0.2) is 42.7 Å². The molecule has 6 nitrogen and oxygen atoms in total. The predicted molar refractivity (Wildman–Crippen MR) is 100 cm³/mol. The highest BCUT2D eigenvalue weighted by molar-refractivity contribution is 6.39. The van der Waals surface area contributed by atoms with Gasteiger partial charge in [-0.15, -0.1) is 0 Å². The van der Waals surface area contributed by atoms with Crippen molar-refractivity contribution < 1.29 is 18.4 Å². The van der Waals surface area contributed by atoms with E-state index in [-0.39, 0.29) is 11.6 Å². The fourth-order valence-electron chi connectivity index (χ4n) is 3.18. The summed E-state index contributed by atoms with van der Waals surface area (Å²) < 4.78 is 26.4. The molecule has 0 atom stereocenters. The van der Waals surface area contributed by atoms with Gasteiger partial charge >= 0.3 is 11.8 Å². The average Bonchev–Trinajstić information content (AvgIpc) is 2.70. The van der Waals surface area contributed by atoms with Gasteiger partial charge in [0.2, 0.25) is 0 Å². The normalized spacial score (nSPS) is 15.2. The molecule has 8 heteroatoms. The van der Waals surface area contributed by atoms with Crippen LogP contribution in [-0.2, 0) is 16.1 Å². The second kappa shape index (κ2) is 9.36. The second-order valence-electron chi connectivity index (χ2n) is 6.86. The van der Waals surface area contributed by atoms with Crippen LogP contribution in [0.5, 0.6) is 0 Å². The minimum absolute atomic E-state index is 0.231. The first-order valence-electron chi connectivity index (χ1n) is 9.17. The molecule has 0 saturated carbocycles. The van der Waals surface area contributed by atoms with Gasteiger partial charge in [0.25, 0.3) is 0 Å². The van der Waals surface area contributed by atoms with E-state index in [1.54, 1.807) is 12.4 Å². The van der Waals surface area contributed by atoms with Crippen molar-refractivity contribution in [2.24, 2.45) is 5.92 Å². The van der Waals surface area contributed by atoms with Crippen LogP contribution >= 0.6 is 0 Å². The van der Waals surface area contributed by atoms with Gasteiger partial charge in [-0.1, -0.05) is 0 Å². The van der Waals surface area contributed by atoms with Gasteiger partial charge < -0.3 is 10.6 Å². The molecule has 28 heavy (non-hydrogen) atoms. The van der Waals surface area contributed by atoms with Crippen molar-refractivity contribution in [3.63, 3.8) is 0 Å². The number of piperidine rings is 1. The van der Waals surface area contributed by atoms with E-state index in [4.69, 9.17) is 0 Å². The molecular weight excluding hydrogens is 366 g/mol. The number of nitrogens with zero attached hydrogens (tertiary/aromatic N) is 2. The Morgan fingerprint density at radius 2 is 1.79 bits per heavy atom. The lowest BCUT2D eigenvalue weighted by Crippen LogP contribution is -2.41. The van der Waals surface area contributed by atoms with E-state index in [1.807, 2.05) is 12.1 Å². The van der Waals surface area contributed by atoms with Crippen LogP contribution in [0.25, 0.3) is 0 Å². The molecule has 0 bridgehead atoms. The SMILES string of the molecule is O=C(NCC1CCN(Cc2ccncc2)CC1)C(=O)Nc1ccc(F)cc1F. The number of amides is 2. The molecule has 0 aliphatic carbocycles. The third-order valence-electron chi connectivity index (χ3n) is 4.80. The van der Waals surface area contributed by atoms with Gasteiger partial charge in [0, 0.05) is 31.5 Å². The molecule has 1 fully saturated rings. The summed E-state index contributed by atoms with van der Waals surface area (Å²) in [6, 6.07) is 6.72. The first-order chi connectivity index (χ1) is 13.5. The summed E-state index contributed by atoms with van der Waals surface area (Å²) in [4.78, 5) is 30.2. The Morgan fingerprint density at radius 3 is 2.46 bits per heavy atom. The van der Waals surface area contributed by atoms with Gasteiger partial charge in [0.1, 0.15) is 11.6 Å². The molecule has 1 aromatic heterocycles. The number of halogens is 2. The number of hydrogen-bond donors (Lipinski definition) is 2.